The van der Waals surface area contributed by atoms with Crippen LogP contribution < -0.4 is 5.32 Å². The third kappa shape index (κ3) is 3.75. The maximum atomic E-state index is 12.2. The average Bonchev–Trinajstić information content (AvgIpc) is 2.99. The van der Waals surface area contributed by atoms with Gasteiger partial charge in [0.05, 0.1) is 11.7 Å². The summed E-state index contributed by atoms with van der Waals surface area (Å²) in [4.78, 5) is 23.4. The zero-order valence-electron chi connectivity index (χ0n) is 12.6. The summed E-state index contributed by atoms with van der Waals surface area (Å²) in [6, 6.07) is 12.5. The van der Waals surface area contributed by atoms with Gasteiger partial charge in [-0.3, -0.25) is 9.59 Å². The first-order chi connectivity index (χ1) is 10.4. The molecule has 0 aliphatic rings. The normalized spacial score (nSPS) is 12.6. The van der Waals surface area contributed by atoms with Gasteiger partial charge in [-0.05, 0) is 31.5 Å². The molecule has 2 aromatic rings. The van der Waals surface area contributed by atoms with Gasteiger partial charge in [-0.25, -0.2) is 0 Å². The van der Waals surface area contributed by atoms with Gasteiger partial charge in [0.1, 0.15) is 11.8 Å². The van der Waals surface area contributed by atoms with E-state index in [-0.39, 0.29) is 12.3 Å². The fourth-order valence-electron chi connectivity index (χ4n) is 2.11. The van der Waals surface area contributed by atoms with Crippen LogP contribution in [-0.2, 0) is 9.59 Å². The van der Waals surface area contributed by atoms with E-state index in [0.29, 0.717) is 5.76 Å². The molecule has 0 bridgehead atoms. The summed E-state index contributed by atoms with van der Waals surface area (Å²) in [5.41, 5.74) is -0.243. The molecule has 2 rings (SSSR count). The second-order valence-corrected chi connectivity index (χ2v) is 5.79. The van der Waals surface area contributed by atoms with Gasteiger partial charge in [0.25, 0.3) is 0 Å². The molecule has 1 amide bonds. The number of benzene rings is 1. The second kappa shape index (κ2) is 6.47. The molecule has 5 nitrogen and oxygen atoms in total. The lowest BCUT2D eigenvalue weighted by Crippen LogP contribution is -2.35. The van der Waals surface area contributed by atoms with Gasteiger partial charge in [0.2, 0.25) is 5.91 Å². The second-order valence-electron chi connectivity index (χ2n) is 5.79. The van der Waals surface area contributed by atoms with Gasteiger partial charge < -0.3 is 14.8 Å². The van der Waals surface area contributed by atoms with Gasteiger partial charge >= 0.3 is 5.97 Å². The van der Waals surface area contributed by atoms with Crippen LogP contribution in [0.1, 0.15) is 37.6 Å². The lowest BCUT2D eigenvalue weighted by atomic mass is 9.89. The maximum Gasteiger partial charge on any atom is 0.309 e. The Morgan fingerprint density at radius 2 is 1.86 bits per heavy atom. The van der Waals surface area contributed by atoms with Crippen molar-refractivity contribution in [2.75, 3.05) is 0 Å². The fourth-order valence-corrected chi connectivity index (χ4v) is 2.11. The number of aliphatic carboxylic acids is 1. The highest BCUT2D eigenvalue weighted by Crippen LogP contribution is 2.25. The molecule has 5 heteroatoms. The summed E-state index contributed by atoms with van der Waals surface area (Å²) in [5.74, 6) is -0.734. The van der Waals surface area contributed by atoms with Crippen molar-refractivity contribution >= 4 is 11.9 Å². The molecule has 1 unspecified atom stereocenters. The third-order valence-electron chi connectivity index (χ3n) is 3.45. The Bertz CT molecular complexity index is 632. The fraction of sp³-hybridized carbons (Fsp3) is 0.294. The van der Waals surface area contributed by atoms with E-state index in [1.54, 1.807) is 18.4 Å². The lowest BCUT2D eigenvalue weighted by Gasteiger charge is -2.22. The molecule has 0 fully saturated rings. The molecule has 116 valence electrons. The van der Waals surface area contributed by atoms with Crippen molar-refractivity contribution in [2.24, 2.45) is 5.41 Å². The van der Waals surface area contributed by atoms with Crippen LogP contribution in [0.15, 0.2) is 53.1 Å². The van der Waals surface area contributed by atoms with Gasteiger partial charge in [0.15, 0.2) is 0 Å². The Labute approximate surface area is 129 Å². The van der Waals surface area contributed by atoms with Crippen LogP contribution in [0.5, 0.6) is 0 Å². The Morgan fingerprint density at radius 1 is 1.18 bits per heavy atom. The van der Waals surface area contributed by atoms with Gasteiger partial charge in [0, 0.05) is 6.42 Å². The Kier molecular flexibility index (Phi) is 4.65. The van der Waals surface area contributed by atoms with Crippen LogP contribution >= 0.6 is 0 Å². The van der Waals surface area contributed by atoms with E-state index in [1.807, 2.05) is 30.3 Å². The average molecular weight is 301 g/mol. The number of amides is 1. The van der Waals surface area contributed by atoms with Crippen molar-refractivity contribution in [1.82, 2.24) is 5.32 Å². The zero-order valence-corrected chi connectivity index (χ0v) is 12.6. The first-order valence-corrected chi connectivity index (χ1v) is 7.01. The minimum atomic E-state index is -1.12. The molecular weight excluding hydrogens is 282 g/mol. The van der Waals surface area contributed by atoms with Crippen molar-refractivity contribution in [3.8, 4) is 0 Å². The van der Waals surface area contributed by atoms with Crippen molar-refractivity contribution < 1.29 is 19.1 Å². The molecule has 0 aliphatic heterocycles. The highest BCUT2D eigenvalue weighted by atomic mass is 16.4. The minimum Gasteiger partial charge on any atom is -0.481 e. The summed E-state index contributed by atoms with van der Waals surface area (Å²) in [7, 11) is 0. The highest BCUT2D eigenvalue weighted by Gasteiger charge is 2.31. The number of hydrogen-bond acceptors (Lipinski definition) is 3. The molecular formula is C17H19NO4. The number of carbonyl (C=O) groups is 2. The molecule has 0 spiro atoms. The van der Waals surface area contributed by atoms with E-state index >= 15 is 0 Å². The molecule has 0 saturated carbocycles. The molecule has 22 heavy (non-hydrogen) atoms. The standard InChI is InChI=1S/C17H19NO4/c1-17(2,16(20)21)11-14(19)18-15(13-9-6-10-22-13)12-7-4-3-5-8-12/h3-10,15H,11H2,1-2H3,(H,18,19)(H,20,21). The molecule has 1 aromatic heterocycles. The van der Waals surface area contributed by atoms with E-state index in [0.717, 1.165) is 5.56 Å². The first-order valence-electron chi connectivity index (χ1n) is 7.01. The molecule has 0 aliphatic carbocycles. The smallest absolute Gasteiger partial charge is 0.309 e. The highest BCUT2D eigenvalue weighted by molar-refractivity contribution is 5.84. The van der Waals surface area contributed by atoms with Gasteiger partial charge in [-0.2, -0.15) is 0 Å². The van der Waals surface area contributed by atoms with Crippen LogP contribution in [0, 0.1) is 5.41 Å². The quantitative estimate of drug-likeness (QED) is 0.859. The number of carbonyl (C=O) groups excluding carboxylic acids is 1. The van der Waals surface area contributed by atoms with Crippen molar-refractivity contribution in [2.45, 2.75) is 26.3 Å². The van der Waals surface area contributed by atoms with Gasteiger partial charge in [-0.15, -0.1) is 0 Å². The van der Waals surface area contributed by atoms with Crippen LogP contribution in [0.4, 0.5) is 0 Å². The van der Waals surface area contributed by atoms with E-state index in [2.05, 4.69) is 5.32 Å². The molecule has 1 heterocycles. The summed E-state index contributed by atoms with van der Waals surface area (Å²) in [5, 5.41) is 12.0. The summed E-state index contributed by atoms with van der Waals surface area (Å²) >= 11 is 0. The maximum absolute atomic E-state index is 12.2. The zero-order chi connectivity index (χ0) is 16.2. The Morgan fingerprint density at radius 3 is 2.41 bits per heavy atom. The van der Waals surface area contributed by atoms with E-state index in [9.17, 15) is 9.59 Å². The largest absolute Gasteiger partial charge is 0.481 e. The van der Waals surface area contributed by atoms with E-state index in [1.165, 1.54) is 13.8 Å². The molecule has 2 N–H and O–H groups in total. The van der Waals surface area contributed by atoms with Crippen LogP contribution in [-0.4, -0.2) is 17.0 Å². The van der Waals surface area contributed by atoms with Crippen LogP contribution in [0.2, 0.25) is 0 Å². The van der Waals surface area contributed by atoms with Crippen molar-refractivity contribution in [3.63, 3.8) is 0 Å². The number of carboxylic acids is 1. The lowest BCUT2D eigenvalue weighted by molar-refractivity contribution is -0.149. The number of rotatable bonds is 6. The number of nitrogens with one attached hydrogen (secondary N) is 1. The van der Waals surface area contributed by atoms with E-state index < -0.39 is 17.4 Å². The Balaban J connectivity index is 2.18. The number of furan rings is 1. The number of carboxylic acid groups (broad SMARTS) is 1. The SMILES string of the molecule is CC(C)(CC(=O)NC(c1ccccc1)c1ccco1)C(=O)O. The van der Waals surface area contributed by atoms with Crippen molar-refractivity contribution in [3.05, 3.63) is 60.1 Å². The topological polar surface area (TPSA) is 79.5 Å². The summed E-state index contributed by atoms with van der Waals surface area (Å²) in [6.07, 6.45) is 1.44. The summed E-state index contributed by atoms with van der Waals surface area (Å²) in [6.45, 7) is 3.05. The molecule has 0 saturated heterocycles. The van der Waals surface area contributed by atoms with Crippen LogP contribution in [0.25, 0.3) is 0 Å². The Hall–Kier alpha value is -2.56. The summed E-state index contributed by atoms with van der Waals surface area (Å²) < 4.78 is 5.40. The van der Waals surface area contributed by atoms with Gasteiger partial charge in [-0.1, -0.05) is 30.3 Å². The predicted molar refractivity (Wildman–Crippen MR) is 81.2 cm³/mol. The third-order valence-corrected chi connectivity index (χ3v) is 3.45. The van der Waals surface area contributed by atoms with Crippen molar-refractivity contribution in [1.29, 1.82) is 0 Å². The first kappa shape index (κ1) is 15.8. The molecule has 1 aromatic carbocycles. The van der Waals surface area contributed by atoms with Crippen LogP contribution in [0.3, 0.4) is 0 Å². The molecule has 1 atom stereocenters. The minimum absolute atomic E-state index is 0.105. The monoisotopic (exact) mass is 301 g/mol. The van der Waals surface area contributed by atoms with E-state index in [4.69, 9.17) is 9.52 Å². The predicted octanol–water partition coefficient (Wildman–Crippen LogP) is 2.99. The number of hydrogen-bond donors (Lipinski definition) is 2. The molecule has 0 radical (unpaired) electrons.